The van der Waals surface area contributed by atoms with Crippen molar-refractivity contribution in [2.45, 2.75) is 25.3 Å². The average molecular weight is 243 g/mol. The highest BCUT2D eigenvalue weighted by Crippen LogP contribution is 2.30. The van der Waals surface area contributed by atoms with E-state index >= 15 is 0 Å². The van der Waals surface area contributed by atoms with E-state index in [1.54, 1.807) is 6.20 Å². The third kappa shape index (κ3) is 2.09. The number of rotatable bonds is 2. The van der Waals surface area contributed by atoms with Gasteiger partial charge in [0, 0.05) is 17.8 Å². The molecule has 4 N–H and O–H groups in total. The van der Waals surface area contributed by atoms with Crippen LogP contribution in [0.5, 0.6) is 0 Å². The molecule has 0 aromatic carbocycles. The number of nitrogens with two attached hydrogens (primary N) is 1. The molecule has 0 amide bonds. The smallest absolute Gasteiger partial charge is 0.123 e. The van der Waals surface area contributed by atoms with Gasteiger partial charge in [-0.3, -0.25) is 5.10 Å². The predicted octanol–water partition coefficient (Wildman–Crippen LogP) is 1.87. The zero-order chi connectivity index (χ0) is 12.4. The summed E-state index contributed by atoms with van der Waals surface area (Å²) in [5, 5.41) is 10.8. The largest absolute Gasteiger partial charge is 0.384 e. The summed E-state index contributed by atoms with van der Waals surface area (Å²) >= 11 is 0. The Morgan fingerprint density at radius 2 is 2.28 bits per heavy atom. The van der Waals surface area contributed by atoms with Crippen LogP contribution in [-0.2, 0) is 0 Å². The zero-order valence-corrected chi connectivity index (χ0v) is 10.2. The first kappa shape index (κ1) is 11.2. The highest BCUT2D eigenvalue weighted by atomic mass is 15.1. The summed E-state index contributed by atoms with van der Waals surface area (Å²) in [6, 6.07) is 4.22. The number of H-pyrrole nitrogens is 1. The number of pyridine rings is 1. The van der Waals surface area contributed by atoms with Gasteiger partial charge >= 0.3 is 0 Å². The van der Waals surface area contributed by atoms with Crippen molar-refractivity contribution >= 4 is 5.82 Å². The summed E-state index contributed by atoms with van der Waals surface area (Å²) in [6.07, 6.45) is 7.25. The Labute approximate surface area is 106 Å². The number of nitrogens with zero attached hydrogens (tertiary/aromatic N) is 2. The highest BCUT2D eigenvalue weighted by molar-refractivity contribution is 5.67. The second-order valence-corrected chi connectivity index (χ2v) is 4.67. The fourth-order valence-corrected chi connectivity index (χ4v) is 2.51. The molecule has 1 aliphatic rings. The molecule has 1 aliphatic heterocycles. The maximum absolute atomic E-state index is 5.74. The van der Waals surface area contributed by atoms with Gasteiger partial charge in [-0.25, -0.2) is 4.98 Å². The molecule has 3 rings (SSSR count). The SMILES string of the molecule is Nc1cc(-c2cn[nH]c2[C@H]2CCCCN2)ccn1. The van der Waals surface area contributed by atoms with Crippen LogP contribution in [0.15, 0.2) is 24.5 Å². The Hall–Kier alpha value is -1.88. The lowest BCUT2D eigenvalue weighted by Gasteiger charge is -2.23. The van der Waals surface area contributed by atoms with Gasteiger partial charge < -0.3 is 11.1 Å². The number of hydrogen-bond donors (Lipinski definition) is 3. The number of hydrogen-bond acceptors (Lipinski definition) is 4. The van der Waals surface area contributed by atoms with Crippen molar-refractivity contribution in [2.24, 2.45) is 0 Å². The van der Waals surface area contributed by atoms with E-state index in [0.717, 1.165) is 29.8 Å². The molecular formula is C13H17N5. The summed E-state index contributed by atoms with van der Waals surface area (Å²) in [6.45, 7) is 1.07. The molecule has 0 saturated carbocycles. The van der Waals surface area contributed by atoms with Crippen LogP contribution in [0.4, 0.5) is 5.82 Å². The second kappa shape index (κ2) is 4.78. The molecular weight excluding hydrogens is 226 g/mol. The topological polar surface area (TPSA) is 79.6 Å². The maximum Gasteiger partial charge on any atom is 0.123 e. The first-order valence-electron chi connectivity index (χ1n) is 6.33. The summed E-state index contributed by atoms with van der Waals surface area (Å²) in [4.78, 5) is 4.02. The normalized spacial score (nSPS) is 19.9. The van der Waals surface area contributed by atoms with Gasteiger partial charge in [0.05, 0.1) is 11.9 Å². The van der Waals surface area contributed by atoms with Gasteiger partial charge in [-0.15, -0.1) is 0 Å². The fraction of sp³-hybridized carbons (Fsp3) is 0.385. The molecule has 2 aromatic rings. The molecule has 3 heterocycles. The van der Waals surface area contributed by atoms with Crippen molar-refractivity contribution in [1.82, 2.24) is 20.5 Å². The minimum atomic E-state index is 0.366. The lowest BCUT2D eigenvalue weighted by atomic mass is 9.97. The molecule has 0 unspecified atom stereocenters. The average Bonchev–Trinajstić information content (AvgIpc) is 2.89. The lowest BCUT2D eigenvalue weighted by Crippen LogP contribution is -2.27. The standard InChI is InChI=1S/C13H17N5/c14-12-7-9(4-6-16-12)10-8-17-18-13(10)11-3-1-2-5-15-11/h4,6-8,11,15H,1-3,5H2,(H2,14,16)(H,17,18)/t11-/m1/s1. The number of aromatic amines is 1. The van der Waals surface area contributed by atoms with Gasteiger partial charge in [-0.1, -0.05) is 6.42 Å². The Kier molecular flexibility index (Phi) is 2.98. The van der Waals surface area contributed by atoms with E-state index in [1.165, 1.54) is 12.8 Å². The third-order valence-electron chi connectivity index (χ3n) is 3.42. The van der Waals surface area contributed by atoms with E-state index in [-0.39, 0.29) is 0 Å². The molecule has 0 bridgehead atoms. The molecule has 0 aliphatic carbocycles. The minimum Gasteiger partial charge on any atom is -0.384 e. The molecule has 0 radical (unpaired) electrons. The molecule has 1 atom stereocenters. The van der Waals surface area contributed by atoms with Crippen LogP contribution in [0.2, 0.25) is 0 Å². The number of aromatic nitrogens is 3. The van der Waals surface area contributed by atoms with Crippen molar-refractivity contribution in [3.63, 3.8) is 0 Å². The number of nitrogen functional groups attached to an aromatic ring is 1. The van der Waals surface area contributed by atoms with Crippen molar-refractivity contribution < 1.29 is 0 Å². The Morgan fingerprint density at radius 1 is 1.33 bits per heavy atom. The summed E-state index contributed by atoms with van der Waals surface area (Å²) in [5.74, 6) is 0.538. The van der Waals surface area contributed by atoms with E-state index in [2.05, 4.69) is 20.5 Å². The third-order valence-corrected chi connectivity index (χ3v) is 3.42. The van der Waals surface area contributed by atoms with Gasteiger partial charge in [-0.2, -0.15) is 5.10 Å². The van der Waals surface area contributed by atoms with Crippen molar-refractivity contribution in [3.8, 4) is 11.1 Å². The van der Waals surface area contributed by atoms with Crippen molar-refractivity contribution in [3.05, 3.63) is 30.2 Å². The first-order valence-corrected chi connectivity index (χ1v) is 6.33. The quantitative estimate of drug-likeness (QED) is 0.752. The molecule has 0 spiro atoms. The van der Waals surface area contributed by atoms with Crippen molar-refractivity contribution in [2.75, 3.05) is 12.3 Å². The zero-order valence-electron chi connectivity index (χ0n) is 10.2. The Balaban J connectivity index is 1.95. The Morgan fingerprint density at radius 3 is 3.06 bits per heavy atom. The van der Waals surface area contributed by atoms with E-state index in [0.29, 0.717) is 11.9 Å². The molecule has 94 valence electrons. The number of anilines is 1. The molecule has 5 nitrogen and oxygen atoms in total. The monoisotopic (exact) mass is 243 g/mol. The van der Waals surface area contributed by atoms with Crippen LogP contribution in [0.1, 0.15) is 31.0 Å². The summed E-state index contributed by atoms with van der Waals surface area (Å²) in [5.41, 5.74) is 9.07. The maximum atomic E-state index is 5.74. The van der Waals surface area contributed by atoms with Gasteiger partial charge in [0.15, 0.2) is 0 Å². The lowest BCUT2D eigenvalue weighted by molar-refractivity contribution is 0.405. The van der Waals surface area contributed by atoms with Gasteiger partial charge in [-0.05, 0) is 37.1 Å². The van der Waals surface area contributed by atoms with Crippen LogP contribution in [0.25, 0.3) is 11.1 Å². The summed E-state index contributed by atoms with van der Waals surface area (Å²) in [7, 11) is 0. The second-order valence-electron chi connectivity index (χ2n) is 4.67. The highest BCUT2D eigenvalue weighted by Gasteiger charge is 2.20. The number of nitrogens with one attached hydrogen (secondary N) is 2. The molecule has 2 aromatic heterocycles. The molecule has 5 heteroatoms. The van der Waals surface area contributed by atoms with Gasteiger partial charge in [0.1, 0.15) is 5.82 Å². The minimum absolute atomic E-state index is 0.366. The molecule has 18 heavy (non-hydrogen) atoms. The van der Waals surface area contributed by atoms with E-state index in [4.69, 9.17) is 5.73 Å². The molecule has 1 saturated heterocycles. The first-order chi connectivity index (χ1) is 8.84. The van der Waals surface area contributed by atoms with E-state index in [9.17, 15) is 0 Å². The molecule has 1 fully saturated rings. The van der Waals surface area contributed by atoms with Crippen molar-refractivity contribution in [1.29, 1.82) is 0 Å². The van der Waals surface area contributed by atoms with Crippen LogP contribution >= 0.6 is 0 Å². The number of piperidine rings is 1. The van der Waals surface area contributed by atoms with Gasteiger partial charge in [0.2, 0.25) is 0 Å². The van der Waals surface area contributed by atoms with Crippen LogP contribution in [0, 0.1) is 0 Å². The fourth-order valence-electron chi connectivity index (χ4n) is 2.51. The van der Waals surface area contributed by atoms with E-state index in [1.807, 2.05) is 18.3 Å². The van der Waals surface area contributed by atoms with Crippen LogP contribution in [-0.4, -0.2) is 21.7 Å². The van der Waals surface area contributed by atoms with Gasteiger partial charge in [0.25, 0.3) is 0 Å². The van der Waals surface area contributed by atoms with E-state index < -0.39 is 0 Å². The summed E-state index contributed by atoms with van der Waals surface area (Å²) < 4.78 is 0. The Bertz CT molecular complexity index is 528. The van der Waals surface area contributed by atoms with Crippen LogP contribution < -0.4 is 11.1 Å². The predicted molar refractivity (Wildman–Crippen MR) is 70.8 cm³/mol. The van der Waals surface area contributed by atoms with Crippen LogP contribution in [0.3, 0.4) is 0 Å².